The van der Waals surface area contributed by atoms with E-state index in [4.69, 9.17) is 0 Å². The molecule has 0 amide bonds. The lowest BCUT2D eigenvalue weighted by molar-refractivity contribution is 0.600. The Kier molecular flexibility index (Phi) is 2.41. The van der Waals surface area contributed by atoms with Crippen molar-refractivity contribution in [1.29, 1.82) is 0 Å². The van der Waals surface area contributed by atoms with Crippen molar-refractivity contribution in [2.75, 3.05) is 23.0 Å². The second kappa shape index (κ2) is 2.92. The molecule has 1 aliphatic heterocycles. The Morgan fingerprint density at radius 3 is 3.00 bits per heavy atom. The van der Waals surface area contributed by atoms with E-state index in [2.05, 4.69) is 0 Å². The molecule has 53 valence electrons. The monoisotopic (exact) mass is 165 g/mol. The predicted octanol–water partition coefficient (Wildman–Crippen LogP) is 0.352. The summed E-state index contributed by atoms with van der Waals surface area (Å²) in [5.41, 5.74) is 0. The zero-order valence-electron chi connectivity index (χ0n) is 5.04. The van der Waals surface area contributed by atoms with Crippen LogP contribution in [0.2, 0.25) is 0 Å². The fraction of sp³-hybridized carbons (Fsp3) is 0.800. The lowest BCUT2D eigenvalue weighted by atomic mass is 10.6. The summed E-state index contributed by atoms with van der Waals surface area (Å²) >= 11 is 1.68. The van der Waals surface area contributed by atoms with Gasteiger partial charge in [0.1, 0.15) is 0 Å². The maximum absolute atomic E-state index is 10.8. The zero-order chi connectivity index (χ0) is 6.74. The molecule has 1 radical (unpaired) electrons. The summed E-state index contributed by atoms with van der Waals surface area (Å²) in [5.74, 6) is 2.28. The van der Waals surface area contributed by atoms with Crippen molar-refractivity contribution < 1.29 is 8.42 Å². The number of rotatable bonds is 0. The molecule has 0 N–H and O–H groups in total. The van der Waals surface area contributed by atoms with E-state index < -0.39 is 9.84 Å². The van der Waals surface area contributed by atoms with Crippen LogP contribution in [0.4, 0.5) is 0 Å². The highest BCUT2D eigenvalue weighted by atomic mass is 32.2. The third-order valence-corrected chi connectivity index (χ3v) is 3.94. The minimum Gasteiger partial charge on any atom is -0.229 e. The molecule has 0 spiro atoms. The number of hydrogen-bond acceptors (Lipinski definition) is 3. The van der Waals surface area contributed by atoms with E-state index in [1.54, 1.807) is 11.8 Å². The van der Waals surface area contributed by atoms with Gasteiger partial charge >= 0.3 is 0 Å². The van der Waals surface area contributed by atoms with E-state index in [9.17, 15) is 8.42 Å². The molecule has 0 aliphatic carbocycles. The minimum absolute atomic E-state index is 0.278. The summed E-state index contributed by atoms with van der Waals surface area (Å²) in [6.45, 7) is 0. The second-order valence-electron chi connectivity index (χ2n) is 1.98. The van der Waals surface area contributed by atoms with Crippen molar-refractivity contribution in [2.45, 2.75) is 0 Å². The minimum atomic E-state index is -2.70. The summed E-state index contributed by atoms with van der Waals surface area (Å²) in [6, 6.07) is 0. The van der Waals surface area contributed by atoms with Crippen LogP contribution in [-0.2, 0) is 9.84 Å². The Bertz CT molecular complexity index is 157. The second-order valence-corrected chi connectivity index (χ2v) is 5.36. The number of thioether (sulfide) groups is 1. The van der Waals surface area contributed by atoms with Gasteiger partial charge in [-0.3, -0.25) is 0 Å². The molecule has 1 rings (SSSR count). The van der Waals surface area contributed by atoms with E-state index in [0.29, 0.717) is 5.75 Å². The molecule has 1 fully saturated rings. The van der Waals surface area contributed by atoms with Gasteiger partial charge in [0.15, 0.2) is 9.84 Å². The van der Waals surface area contributed by atoms with Crippen molar-refractivity contribution in [3.63, 3.8) is 0 Å². The Morgan fingerprint density at radius 1 is 1.44 bits per heavy atom. The van der Waals surface area contributed by atoms with Gasteiger partial charge in [-0.15, -0.1) is 0 Å². The van der Waals surface area contributed by atoms with E-state index in [1.807, 2.05) is 6.42 Å². The summed E-state index contributed by atoms with van der Waals surface area (Å²) in [5, 5.41) is 0. The molecule has 1 aliphatic rings. The van der Waals surface area contributed by atoms with Crippen LogP contribution in [0.5, 0.6) is 0 Å². The lowest BCUT2D eigenvalue weighted by Crippen LogP contribution is -2.09. The van der Waals surface area contributed by atoms with E-state index in [0.717, 1.165) is 11.5 Å². The maximum atomic E-state index is 10.8. The topological polar surface area (TPSA) is 34.1 Å². The molecule has 0 saturated carbocycles. The first-order chi connectivity index (χ1) is 4.21. The first kappa shape index (κ1) is 7.41. The molecule has 0 aromatic carbocycles. The largest absolute Gasteiger partial charge is 0.229 e. The van der Waals surface area contributed by atoms with Crippen molar-refractivity contribution in [2.24, 2.45) is 0 Å². The SMILES string of the molecule is O=S1(=O)C[CH]CSCC1. The average molecular weight is 165 g/mol. The Labute approximate surface area is 59.9 Å². The van der Waals surface area contributed by atoms with Crippen molar-refractivity contribution in [1.82, 2.24) is 0 Å². The highest BCUT2D eigenvalue weighted by Crippen LogP contribution is 2.09. The van der Waals surface area contributed by atoms with Gasteiger partial charge in [0.05, 0.1) is 11.5 Å². The third-order valence-electron chi connectivity index (χ3n) is 1.15. The van der Waals surface area contributed by atoms with Crippen molar-refractivity contribution >= 4 is 21.6 Å². The Morgan fingerprint density at radius 2 is 2.22 bits per heavy atom. The van der Waals surface area contributed by atoms with Crippen molar-refractivity contribution in [3.05, 3.63) is 6.42 Å². The molecule has 1 heterocycles. The Hall–Kier alpha value is 0.300. The van der Waals surface area contributed by atoms with Gasteiger partial charge in [-0.2, -0.15) is 11.8 Å². The molecule has 0 aromatic heterocycles. The van der Waals surface area contributed by atoms with Gasteiger partial charge < -0.3 is 0 Å². The molecule has 0 atom stereocenters. The van der Waals surface area contributed by atoms with Crippen LogP contribution in [-0.4, -0.2) is 31.4 Å². The lowest BCUT2D eigenvalue weighted by Gasteiger charge is -1.92. The van der Waals surface area contributed by atoms with Crippen LogP contribution in [0.1, 0.15) is 0 Å². The summed E-state index contributed by atoms with van der Waals surface area (Å²) < 4.78 is 21.7. The fourth-order valence-corrected chi connectivity index (χ4v) is 3.39. The smallest absolute Gasteiger partial charge is 0.151 e. The molecular formula is C5H9O2S2. The van der Waals surface area contributed by atoms with Crippen LogP contribution in [0.25, 0.3) is 0 Å². The van der Waals surface area contributed by atoms with Gasteiger partial charge in [-0.1, -0.05) is 0 Å². The zero-order valence-corrected chi connectivity index (χ0v) is 6.67. The van der Waals surface area contributed by atoms with Crippen LogP contribution >= 0.6 is 11.8 Å². The molecule has 0 bridgehead atoms. The first-order valence-electron chi connectivity index (χ1n) is 2.80. The van der Waals surface area contributed by atoms with E-state index >= 15 is 0 Å². The molecule has 9 heavy (non-hydrogen) atoms. The van der Waals surface area contributed by atoms with Gasteiger partial charge in [-0.25, -0.2) is 8.42 Å². The van der Waals surface area contributed by atoms with E-state index in [-0.39, 0.29) is 5.75 Å². The Balaban J connectivity index is 2.56. The molecule has 2 nitrogen and oxygen atoms in total. The third kappa shape index (κ3) is 2.58. The van der Waals surface area contributed by atoms with Crippen molar-refractivity contribution in [3.8, 4) is 0 Å². The van der Waals surface area contributed by atoms with Gasteiger partial charge in [0, 0.05) is 5.75 Å². The number of hydrogen-bond donors (Lipinski definition) is 0. The molecule has 0 unspecified atom stereocenters. The van der Waals surface area contributed by atoms with Crippen LogP contribution in [0.15, 0.2) is 0 Å². The summed E-state index contributed by atoms with van der Waals surface area (Å²) in [6.07, 6.45) is 1.83. The van der Waals surface area contributed by atoms with Crippen LogP contribution in [0, 0.1) is 6.42 Å². The van der Waals surface area contributed by atoms with Crippen LogP contribution < -0.4 is 0 Å². The highest BCUT2D eigenvalue weighted by Gasteiger charge is 2.13. The average Bonchev–Trinajstić information content (AvgIpc) is 1.92. The number of sulfone groups is 1. The molecular weight excluding hydrogens is 156 g/mol. The van der Waals surface area contributed by atoms with Gasteiger partial charge in [0.2, 0.25) is 0 Å². The quantitative estimate of drug-likeness (QED) is 0.519. The maximum Gasteiger partial charge on any atom is 0.151 e. The highest BCUT2D eigenvalue weighted by molar-refractivity contribution is 8.01. The molecule has 4 heteroatoms. The first-order valence-corrected chi connectivity index (χ1v) is 5.78. The van der Waals surface area contributed by atoms with E-state index in [1.165, 1.54) is 0 Å². The molecule has 1 saturated heterocycles. The standard InChI is InChI=1S/C5H9O2S2/c6-9(7)4-1-2-8-3-5-9/h1H,2-5H2. The van der Waals surface area contributed by atoms with Crippen LogP contribution in [0.3, 0.4) is 0 Å². The normalized spacial score (nSPS) is 27.1. The fourth-order valence-electron chi connectivity index (χ4n) is 0.664. The summed E-state index contributed by atoms with van der Waals surface area (Å²) in [4.78, 5) is 0. The molecule has 0 aromatic rings. The van der Waals surface area contributed by atoms with Gasteiger partial charge in [-0.05, 0) is 12.2 Å². The predicted molar refractivity (Wildman–Crippen MR) is 40.3 cm³/mol. The van der Waals surface area contributed by atoms with Gasteiger partial charge in [0.25, 0.3) is 0 Å². The summed E-state index contributed by atoms with van der Waals surface area (Å²) in [7, 11) is -2.70.